The lowest BCUT2D eigenvalue weighted by Gasteiger charge is -2.04. The molecule has 0 spiro atoms. The molecule has 52 valence electrons. The van der Waals surface area contributed by atoms with Gasteiger partial charge in [-0.25, -0.2) is 4.79 Å². The van der Waals surface area contributed by atoms with E-state index < -0.39 is 0 Å². The van der Waals surface area contributed by atoms with Crippen molar-refractivity contribution in [1.82, 2.24) is 0 Å². The minimum atomic E-state index is -0.355. The molecule has 0 aliphatic carbocycles. The molecule has 0 heterocycles. The average molecular weight is 352 g/mol. The summed E-state index contributed by atoms with van der Waals surface area (Å²) < 4.78 is 5.54. The molecule has 0 rings (SSSR count). The molecule has 0 saturated carbocycles. The van der Waals surface area contributed by atoms with Crippen molar-refractivity contribution in [3.05, 3.63) is 12.7 Å². The fraction of sp³-hybridized carbons (Fsp3) is 0.400. The van der Waals surface area contributed by atoms with Crippen molar-refractivity contribution in [1.29, 1.82) is 0 Å². The molecule has 0 bridgehead atoms. The number of carbonyl (C=O) groups excluding carboxylic acids is 1. The molecule has 2 nitrogen and oxygen atoms in total. The van der Waals surface area contributed by atoms with E-state index in [2.05, 4.69) is 29.2 Å². The van der Waals surface area contributed by atoms with Crippen molar-refractivity contribution in [2.75, 3.05) is 4.43 Å². The van der Waals surface area contributed by atoms with E-state index in [1.807, 2.05) is 22.6 Å². The van der Waals surface area contributed by atoms with Gasteiger partial charge in [0.2, 0.25) is 0 Å². The molecule has 0 aromatic rings. The molecule has 0 aliphatic rings. The molecule has 0 N–H and O–H groups in total. The van der Waals surface area contributed by atoms with Crippen molar-refractivity contribution >= 4 is 51.2 Å². The number of ether oxygens (including phenoxy) is 1. The molecular formula is C5H6I2O2. The number of hydrogen-bond donors (Lipinski definition) is 0. The van der Waals surface area contributed by atoms with Crippen molar-refractivity contribution in [3.63, 3.8) is 0 Å². The molecule has 4 heteroatoms. The second-order valence-electron chi connectivity index (χ2n) is 1.21. The second kappa shape index (κ2) is 5.45. The van der Waals surface area contributed by atoms with Crippen LogP contribution in [0, 0.1) is 0 Å². The molecule has 0 aliphatic heterocycles. The summed E-state index contributed by atoms with van der Waals surface area (Å²) in [6, 6.07) is 0. The topological polar surface area (TPSA) is 26.3 Å². The molecule has 1 unspecified atom stereocenters. The van der Waals surface area contributed by atoms with Gasteiger partial charge in [0.05, 0.1) is 0 Å². The first-order valence-corrected chi connectivity index (χ1v) is 5.01. The van der Waals surface area contributed by atoms with Gasteiger partial charge in [-0.2, -0.15) is 0 Å². The SMILES string of the molecule is C=CC(=O)OC(I)CI. The Labute approximate surface area is 81.3 Å². The maximum atomic E-state index is 10.4. The molecule has 0 amide bonds. The third kappa shape index (κ3) is 5.13. The van der Waals surface area contributed by atoms with Crippen molar-refractivity contribution < 1.29 is 9.53 Å². The van der Waals surface area contributed by atoms with Crippen LogP contribution in [0.3, 0.4) is 0 Å². The highest BCUT2D eigenvalue weighted by atomic mass is 127. The summed E-state index contributed by atoms with van der Waals surface area (Å²) in [6.45, 7) is 3.27. The molecule has 0 saturated heterocycles. The summed E-state index contributed by atoms with van der Waals surface area (Å²) in [7, 11) is 0. The number of esters is 1. The van der Waals surface area contributed by atoms with Gasteiger partial charge in [0, 0.05) is 10.5 Å². The summed E-state index contributed by atoms with van der Waals surface area (Å²) in [5.41, 5.74) is 0. The van der Waals surface area contributed by atoms with Gasteiger partial charge in [0.15, 0.2) is 4.11 Å². The van der Waals surface area contributed by atoms with Crippen LogP contribution in [0.1, 0.15) is 0 Å². The number of alkyl halides is 2. The highest BCUT2D eigenvalue weighted by Crippen LogP contribution is 2.06. The van der Waals surface area contributed by atoms with E-state index in [1.165, 1.54) is 0 Å². The van der Waals surface area contributed by atoms with E-state index in [-0.39, 0.29) is 10.1 Å². The van der Waals surface area contributed by atoms with Crippen LogP contribution in [-0.2, 0) is 9.53 Å². The van der Waals surface area contributed by atoms with Crippen LogP contribution in [0.2, 0.25) is 0 Å². The fourth-order valence-electron chi connectivity index (χ4n) is 0.206. The zero-order valence-electron chi connectivity index (χ0n) is 4.64. The second-order valence-corrected chi connectivity index (χ2v) is 3.48. The Morgan fingerprint density at radius 1 is 1.89 bits per heavy atom. The number of carbonyl (C=O) groups is 1. The number of rotatable bonds is 3. The Balaban J connectivity index is 3.46. The van der Waals surface area contributed by atoms with Crippen LogP contribution < -0.4 is 0 Å². The van der Waals surface area contributed by atoms with Crippen LogP contribution in [0.15, 0.2) is 12.7 Å². The van der Waals surface area contributed by atoms with E-state index in [0.717, 1.165) is 10.5 Å². The molecule has 1 atom stereocenters. The standard InChI is InChI=1S/C5H6I2O2/c1-2-5(8)9-4(7)3-6/h2,4H,1,3H2. The van der Waals surface area contributed by atoms with Gasteiger partial charge in [0.1, 0.15) is 0 Å². The Morgan fingerprint density at radius 3 is 2.78 bits per heavy atom. The first kappa shape index (κ1) is 9.67. The Morgan fingerprint density at radius 2 is 2.44 bits per heavy atom. The Hall–Kier alpha value is 0.670. The van der Waals surface area contributed by atoms with Crippen LogP contribution >= 0.6 is 45.2 Å². The maximum Gasteiger partial charge on any atom is 0.331 e. The lowest BCUT2D eigenvalue weighted by Crippen LogP contribution is -2.10. The van der Waals surface area contributed by atoms with Crippen molar-refractivity contribution in [2.24, 2.45) is 0 Å². The monoisotopic (exact) mass is 352 g/mol. The minimum absolute atomic E-state index is 0.0336. The quantitative estimate of drug-likeness (QED) is 0.336. The molecule has 0 aromatic carbocycles. The summed E-state index contributed by atoms with van der Waals surface area (Å²) in [5.74, 6) is -0.355. The Kier molecular flexibility index (Phi) is 5.86. The van der Waals surface area contributed by atoms with E-state index >= 15 is 0 Å². The molecule has 0 aromatic heterocycles. The fourth-order valence-corrected chi connectivity index (χ4v) is 0.636. The van der Waals surface area contributed by atoms with E-state index in [4.69, 9.17) is 4.74 Å². The predicted octanol–water partition coefficient (Wildman–Crippen LogP) is 1.91. The Bertz CT molecular complexity index is 114. The van der Waals surface area contributed by atoms with Gasteiger partial charge in [-0.1, -0.05) is 29.2 Å². The van der Waals surface area contributed by atoms with Gasteiger partial charge < -0.3 is 4.74 Å². The number of halogens is 2. The van der Waals surface area contributed by atoms with Crippen LogP contribution in [0.25, 0.3) is 0 Å². The van der Waals surface area contributed by atoms with Crippen LogP contribution in [0.4, 0.5) is 0 Å². The summed E-state index contributed by atoms with van der Waals surface area (Å²) in [5, 5.41) is 0. The van der Waals surface area contributed by atoms with E-state index in [9.17, 15) is 4.79 Å². The summed E-state index contributed by atoms with van der Waals surface area (Å²) >= 11 is 4.19. The third-order valence-electron chi connectivity index (χ3n) is 0.532. The third-order valence-corrected chi connectivity index (χ3v) is 3.71. The van der Waals surface area contributed by atoms with Crippen molar-refractivity contribution in [3.8, 4) is 0 Å². The zero-order chi connectivity index (χ0) is 7.28. The van der Waals surface area contributed by atoms with Gasteiger partial charge in [-0.15, -0.1) is 0 Å². The van der Waals surface area contributed by atoms with Gasteiger partial charge in [0.25, 0.3) is 0 Å². The lowest BCUT2D eigenvalue weighted by atomic mass is 10.6. The van der Waals surface area contributed by atoms with E-state index in [0.29, 0.717) is 0 Å². The summed E-state index contributed by atoms with van der Waals surface area (Å²) in [6.07, 6.45) is 1.16. The first-order valence-electron chi connectivity index (χ1n) is 2.23. The largest absolute Gasteiger partial charge is 0.448 e. The summed E-state index contributed by atoms with van der Waals surface area (Å²) in [4.78, 5) is 10.4. The highest BCUT2D eigenvalue weighted by Gasteiger charge is 2.03. The van der Waals surface area contributed by atoms with Gasteiger partial charge in [-0.05, 0) is 22.6 Å². The van der Waals surface area contributed by atoms with Gasteiger partial charge in [-0.3, -0.25) is 0 Å². The first-order chi connectivity index (χ1) is 4.20. The smallest absolute Gasteiger partial charge is 0.331 e. The maximum absolute atomic E-state index is 10.4. The van der Waals surface area contributed by atoms with Gasteiger partial charge >= 0.3 is 5.97 Å². The minimum Gasteiger partial charge on any atom is -0.448 e. The van der Waals surface area contributed by atoms with Crippen LogP contribution in [-0.4, -0.2) is 14.5 Å². The predicted molar refractivity (Wildman–Crippen MR) is 53.0 cm³/mol. The average Bonchev–Trinajstić information content (AvgIpc) is 1.87. The number of hydrogen-bond acceptors (Lipinski definition) is 2. The van der Waals surface area contributed by atoms with Crippen LogP contribution in [0.5, 0.6) is 0 Å². The molecule has 0 radical (unpaired) electrons. The van der Waals surface area contributed by atoms with E-state index in [1.54, 1.807) is 0 Å². The highest BCUT2D eigenvalue weighted by molar-refractivity contribution is 14.1. The molecule has 0 fully saturated rings. The normalized spacial score (nSPS) is 12.2. The van der Waals surface area contributed by atoms with Crippen molar-refractivity contribution in [2.45, 2.75) is 4.11 Å². The molecule has 9 heavy (non-hydrogen) atoms. The zero-order valence-corrected chi connectivity index (χ0v) is 8.96. The molecular weight excluding hydrogens is 346 g/mol. The lowest BCUT2D eigenvalue weighted by molar-refractivity contribution is -0.137.